The number of nitrogens with two attached hydrogens (primary N) is 1. The number of nitrogens with one attached hydrogen (secondary N) is 1. The Morgan fingerprint density at radius 2 is 1.62 bits per heavy atom. The van der Waals surface area contributed by atoms with Crippen LogP contribution >= 0.6 is 0 Å². The van der Waals surface area contributed by atoms with Gasteiger partial charge in [-0.25, -0.2) is 13.2 Å². The molecule has 0 aliphatic carbocycles. The van der Waals surface area contributed by atoms with Crippen LogP contribution in [0.25, 0.3) is 0 Å². The summed E-state index contributed by atoms with van der Waals surface area (Å²) in [5.74, 6) is 0.951. The van der Waals surface area contributed by atoms with E-state index in [-0.39, 0.29) is 16.3 Å². The molecule has 3 N–H and O–H groups in total. The number of anilines is 1. The highest BCUT2D eigenvalue weighted by Gasteiger charge is 2.17. The van der Waals surface area contributed by atoms with Crippen molar-refractivity contribution in [2.45, 2.75) is 4.90 Å². The lowest BCUT2D eigenvalue weighted by molar-refractivity contribution is 0.211. The van der Waals surface area contributed by atoms with Gasteiger partial charge < -0.3 is 19.9 Å². The Kier molecular flexibility index (Phi) is 5.14. The second kappa shape index (κ2) is 7.09. The molecule has 0 aliphatic rings. The van der Waals surface area contributed by atoms with Crippen molar-refractivity contribution in [3.63, 3.8) is 0 Å². The van der Waals surface area contributed by atoms with Gasteiger partial charge in [0.2, 0.25) is 0 Å². The maximum Gasteiger partial charge on any atom is 0.409 e. The van der Waals surface area contributed by atoms with Crippen molar-refractivity contribution in [1.82, 2.24) is 0 Å². The first kappa shape index (κ1) is 17.4. The van der Waals surface area contributed by atoms with E-state index in [0.29, 0.717) is 11.5 Å². The van der Waals surface area contributed by atoms with E-state index in [1.807, 2.05) is 0 Å². The van der Waals surface area contributed by atoms with Crippen LogP contribution in [-0.2, 0) is 10.0 Å². The molecule has 0 saturated heterocycles. The lowest BCUT2D eigenvalue weighted by atomic mass is 10.3. The van der Waals surface area contributed by atoms with Gasteiger partial charge in [-0.05, 0) is 36.4 Å². The molecule has 0 aromatic heterocycles. The van der Waals surface area contributed by atoms with Crippen LogP contribution in [0.15, 0.2) is 47.4 Å². The van der Waals surface area contributed by atoms with E-state index in [1.165, 1.54) is 44.6 Å². The Labute approximate surface area is 139 Å². The number of hydrogen-bond acceptors (Lipinski definition) is 6. The number of primary amides is 1. The quantitative estimate of drug-likeness (QED) is 0.821. The Morgan fingerprint density at radius 1 is 1.00 bits per heavy atom. The highest BCUT2D eigenvalue weighted by Crippen LogP contribution is 2.31. The van der Waals surface area contributed by atoms with Crippen molar-refractivity contribution in [3.05, 3.63) is 42.5 Å². The van der Waals surface area contributed by atoms with E-state index >= 15 is 0 Å². The van der Waals surface area contributed by atoms with Gasteiger partial charge in [0, 0.05) is 6.07 Å². The number of hydrogen-bond donors (Lipinski definition) is 2. The largest absolute Gasteiger partial charge is 0.497 e. The number of ether oxygens (including phenoxy) is 3. The standard InChI is InChI=1S/C15H16N2O6S/c1-21-11-5-8-14(22-2)13(9-11)17-24(19,20)12-6-3-10(4-7-12)23-15(16)18/h3-9,17H,1-2H3,(H2,16,18). The van der Waals surface area contributed by atoms with Gasteiger partial charge in [-0.3, -0.25) is 4.72 Å². The minimum absolute atomic E-state index is 0.0239. The number of amides is 1. The molecular formula is C15H16N2O6S. The van der Waals surface area contributed by atoms with Crippen LogP contribution in [0.2, 0.25) is 0 Å². The van der Waals surface area contributed by atoms with Gasteiger partial charge in [0.15, 0.2) is 0 Å². The van der Waals surface area contributed by atoms with Crippen molar-refractivity contribution in [3.8, 4) is 17.2 Å². The van der Waals surface area contributed by atoms with E-state index in [0.717, 1.165) is 0 Å². The summed E-state index contributed by atoms with van der Waals surface area (Å²) in [4.78, 5) is 10.6. The Balaban J connectivity index is 2.29. The summed E-state index contributed by atoms with van der Waals surface area (Å²) in [5.41, 5.74) is 5.12. The molecule has 0 bridgehead atoms. The predicted octanol–water partition coefficient (Wildman–Crippen LogP) is 1.96. The number of carbonyl (C=O) groups is 1. The van der Waals surface area contributed by atoms with Crippen molar-refractivity contribution >= 4 is 21.8 Å². The van der Waals surface area contributed by atoms with Gasteiger partial charge in [0.05, 0.1) is 24.8 Å². The van der Waals surface area contributed by atoms with Crippen LogP contribution in [0, 0.1) is 0 Å². The van der Waals surface area contributed by atoms with Gasteiger partial charge in [0.25, 0.3) is 10.0 Å². The van der Waals surface area contributed by atoms with Gasteiger partial charge >= 0.3 is 6.09 Å². The molecule has 0 unspecified atom stereocenters. The Hall–Kier alpha value is -2.94. The topological polar surface area (TPSA) is 117 Å². The first-order chi connectivity index (χ1) is 11.4. The fourth-order valence-corrected chi connectivity index (χ4v) is 2.96. The Bertz CT molecular complexity index is 834. The van der Waals surface area contributed by atoms with Gasteiger partial charge in [0.1, 0.15) is 17.2 Å². The molecule has 0 aliphatic heterocycles. The average molecular weight is 352 g/mol. The molecule has 2 aromatic rings. The molecule has 0 spiro atoms. The second-order valence-corrected chi connectivity index (χ2v) is 6.25. The average Bonchev–Trinajstić information content (AvgIpc) is 2.54. The van der Waals surface area contributed by atoms with Crippen molar-refractivity contribution < 1.29 is 27.4 Å². The third kappa shape index (κ3) is 4.07. The third-order valence-corrected chi connectivity index (χ3v) is 4.38. The van der Waals surface area contributed by atoms with Crippen LogP contribution in [0.5, 0.6) is 17.2 Å². The number of sulfonamides is 1. The number of carbonyl (C=O) groups excluding carboxylic acids is 1. The van der Waals surface area contributed by atoms with Crippen LogP contribution in [0.3, 0.4) is 0 Å². The van der Waals surface area contributed by atoms with Crippen LogP contribution in [-0.4, -0.2) is 28.7 Å². The molecule has 0 saturated carbocycles. The zero-order valence-electron chi connectivity index (χ0n) is 13.0. The molecule has 2 aromatic carbocycles. The van der Waals surface area contributed by atoms with Gasteiger partial charge in [-0.1, -0.05) is 0 Å². The molecule has 24 heavy (non-hydrogen) atoms. The highest BCUT2D eigenvalue weighted by molar-refractivity contribution is 7.92. The number of methoxy groups -OCH3 is 2. The van der Waals surface area contributed by atoms with E-state index in [2.05, 4.69) is 9.46 Å². The molecule has 0 atom stereocenters. The number of benzene rings is 2. The summed E-state index contributed by atoms with van der Waals surface area (Å²) in [6.45, 7) is 0. The molecule has 0 fully saturated rings. The van der Waals surface area contributed by atoms with E-state index in [4.69, 9.17) is 15.2 Å². The lowest BCUT2D eigenvalue weighted by Gasteiger charge is -2.13. The predicted molar refractivity (Wildman–Crippen MR) is 87.0 cm³/mol. The molecule has 2 rings (SSSR count). The Morgan fingerprint density at radius 3 is 2.17 bits per heavy atom. The van der Waals surface area contributed by atoms with Crippen LogP contribution in [0.1, 0.15) is 0 Å². The molecule has 128 valence electrons. The summed E-state index contributed by atoms with van der Waals surface area (Å²) >= 11 is 0. The highest BCUT2D eigenvalue weighted by atomic mass is 32.2. The zero-order chi connectivity index (χ0) is 17.7. The van der Waals surface area contributed by atoms with Crippen molar-refractivity contribution in [2.75, 3.05) is 18.9 Å². The second-order valence-electron chi connectivity index (χ2n) is 4.56. The SMILES string of the molecule is COc1ccc(OC)c(NS(=O)(=O)c2ccc(OC(N)=O)cc2)c1. The van der Waals surface area contributed by atoms with Crippen molar-refractivity contribution in [2.24, 2.45) is 5.73 Å². The van der Waals surface area contributed by atoms with Gasteiger partial charge in [-0.2, -0.15) is 0 Å². The molecule has 1 amide bonds. The number of rotatable bonds is 6. The van der Waals surface area contributed by atoms with E-state index < -0.39 is 16.1 Å². The van der Waals surface area contributed by atoms with Crippen LogP contribution in [0.4, 0.5) is 10.5 Å². The molecule has 0 heterocycles. The van der Waals surface area contributed by atoms with Crippen molar-refractivity contribution in [1.29, 1.82) is 0 Å². The fourth-order valence-electron chi connectivity index (χ4n) is 1.90. The smallest absolute Gasteiger partial charge is 0.409 e. The minimum Gasteiger partial charge on any atom is -0.497 e. The maximum absolute atomic E-state index is 12.5. The third-order valence-electron chi connectivity index (χ3n) is 3.00. The van der Waals surface area contributed by atoms with Crippen LogP contribution < -0.4 is 24.7 Å². The normalized spacial score (nSPS) is 10.8. The summed E-state index contributed by atoms with van der Waals surface area (Å²) < 4.78 is 42.2. The summed E-state index contributed by atoms with van der Waals surface area (Å²) in [6, 6.07) is 9.94. The molecule has 0 radical (unpaired) electrons. The monoisotopic (exact) mass is 352 g/mol. The molecular weight excluding hydrogens is 336 g/mol. The molecule has 9 heteroatoms. The zero-order valence-corrected chi connectivity index (χ0v) is 13.8. The minimum atomic E-state index is -3.87. The fraction of sp³-hybridized carbons (Fsp3) is 0.133. The summed E-state index contributed by atoms with van der Waals surface area (Å²) in [6.07, 6.45) is -0.982. The summed E-state index contributed by atoms with van der Waals surface area (Å²) in [5, 5.41) is 0. The lowest BCUT2D eigenvalue weighted by Crippen LogP contribution is -2.16. The summed E-state index contributed by atoms with van der Waals surface area (Å²) in [7, 11) is -0.977. The van der Waals surface area contributed by atoms with E-state index in [9.17, 15) is 13.2 Å². The first-order valence-electron chi connectivity index (χ1n) is 6.68. The first-order valence-corrected chi connectivity index (χ1v) is 8.16. The maximum atomic E-state index is 12.5. The molecule has 8 nitrogen and oxygen atoms in total. The van der Waals surface area contributed by atoms with Gasteiger partial charge in [-0.15, -0.1) is 0 Å². The van der Waals surface area contributed by atoms with E-state index in [1.54, 1.807) is 12.1 Å².